The number of fused-ring (bicyclic) bond motifs is 1. The van der Waals surface area contributed by atoms with Crippen molar-refractivity contribution in [3.05, 3.63) is 62.8 Å². The first-order valence-electron chi connectivity index (χ1n) is 7.62. The summed E-state index contributed by atoms with van der Waals surface area (Å²) >= 11 is 6.25. The van der Waals surface area contributed by atoms with Gasteiger partial charge in [-0.2, -0.15) is 0 Å². The molecule has 0 aliphatic carbocycles. The molecule has 25 heavy (non-hydrogen) atoms. The maximum atomic E-state index is 13.0. The standard InChI is InChI=1S/C19H16ClNO4/c1-10-7-11(2)17-13(8-10)16(23)19(24-9-15(21)22)18(25-17)12-5-3-4-6-14(12)20/h3-8H,9H2,1-2H3,(H2,21,22). The molecule has 2 N–H and O–H groups in total. The third-order valence-electron chi connectivity index (χ3n) is 3.76. The van der Waals surface area contributed by atoms with Crippen molar-refractivity contribution in [2.75, 3.05) is 6.61 Å². The molecule has 0 saturated heterocycles. The van der Waals surface area contributed by atoms with Crippen molar-refractivity contribution in [2.24, 2.45) is 5.73 Å². The lowest BCUT2D eigenvalue weighted by atomic mass is 10.1. The number of halogens is 1. The van der Waals surface area contributed by atoms with Gasteiger partial charge in [-0.15, -0.1) is 0 Å². The molecule has 3 aromatic rings. The number of amides is 1. The quantitative estimate of drug-likeness (QED) is 0.773. The van der Waals surface area contributed by atoms with Crippen LogP contribution in [0.3, 0.4) is 0 Å². The van der Waals surface area contributed by atoms with Gasteiger partial charge in [0.25, 0.3) is 5.91 Å². The van der Waals surface area contributed by atoms with E-state index in [9.17, 15) is 9.59 Å². The molecule has 0 radical (unpaired) electrons. The van der Waals surface area contributed by atoms with Crippen molar-refractivity contribution in [3.8, 4) is 17.1 Å². The number of hydrogen-bond acceptors (Lipinski definition) is 4. The lowest BCUT2D eigenvalue weighted by Gasteiger charge is -2.13. The Morgan fingerprint density at radius 2 is 1.96 bits per heavy atom. The summed E-state index contributed by atoms with van der Waals surface area (Å²) in [6.07, 6.45) is 0. The van der Waals surface area contributed by atoms with Crippen LogP contribution in [0, 0.1) is 13.8 Å². The molecular formula is C19H16ClNO4. The SMILES string of the molecule is Cc1cc(C)c2oc(-c3ccccc3Cl)c(OCC(N)=O)c(=O)c2c1. The van der Waals surface area contributed by atoms with Gasteiger partial charge in [0.15, 0.2) is 12.4 Å². The predicted molar refractivity (Wildman–Crippen MR) is 97.1 cm³/mol. The molecule has 6 heteroatoms. The van der Waals surface area contributed by atoms with Gasteiger partial charge in [-0.3, -0.25) is 9.59 Å². The zero-order valence-electron chi connectivity index (χ0n) is 13.8. The Balaban J connectivity index is 2.37. The van der Waals surface area contributed by atoms with E-state index in [2.05, 4.69) is 0 Å². The highest BCUT2D eigenvalue weighted by atomic mass is 35.5. The number of hydrogen-bond donors (Lipinski definition) is 1. The Morgan fingerprint density at radius 3 is 2.64 bits per heavy atom. The molecule has 3 rings (SSSR count). The number of nitrogens with two attached hydrogens (primary N) is 1. The van der Waals surface area contributed by atoms with Crippen molar-refractivity contribution in [1.82, 2.24) is 0 Å². The fourth-order valence-corrected chi connectivity index (χ4v) is 2.95. The second-order valence-corrected chi connectivity index (χ2v) is 6.19. The Kier molecular flexibility index (Phi) is 4.51. The van der Waals surface area contributed by atoms with Gasteiger partial charge >= 0.3 is 0 Å². The van der Waals surface area contributed by atoms with Gasteiger partial charge in [-0.05, 0) is 43.2 Å². The molecule has 0 spiro atoms. The molecule has 2 aromatic carbocycles. The summed E-state index contributed by atoms with van der Waals surface area (Å²) in [7, 11) is 0. The van der Waals surface area contributed by atoms with Crippen LogP contribution in [0.2, 0.25) is 5.02 Å². The topological polar surface area (TPSA) is 82.5 Å². The zero-order valence-corrected chi connectivity index (χ0v) is 14.5. The molecule has 0 fully saturated rings. The molecule has 0 bridgehead atoms. The summed E-state index contributed by atoms with van der Waals surface area (Å²) in [6.45, 7) is 3.31. The average Bonchev–Trinajstić information content (AvgIpc) is 2.55. The van der Waals surface area contributed by atoms with E-state index in [4.69, 9.17) is 26.5 Å². The third kappa shape index (κ3) is 3.23. The first-order valence-corrected chi connectivity index (χ1v) is 8.00. The third-order valence-corrected chi connectivity index (χ3v) is 4.09. The van der Waals surface area contributed by atoms with Crippen LogP contribution >= 0.6 is 11.6 Å². The Hall–Kier alpha value is -2.79. The van der Waals surface area contributed by atoms with Crippen LogP contribution in [0.15, 0.2) is 45.6 Å². The summed E-state index contributed by atoms with van der Waals surface area (Å²) in [4.78, 5) is 24.1. The molecule has 1 amide bonds. The fourth-order valence-electron chi connectivity index (χ4n) is 2.73. The van der Waals surface area contributed by atoms with Crippen molar-refractivity contribution < 1.29 is 13.9 Å². The first-order chi connectivity index (χ1) is 11.9. The van der Waals surface area contributed by atoms with Gasteiger partial charge in [-0.1, -0.05) is 29.8 Å². The number of carbonyl (C=O) groups is 1. The lowest BCUT2D eigenvalue weighted by Crippen LogP contribution is -2.22. The second-order valence-electron chi connectivity index (χ2n) is 5.78. The highest BCUT2D eigenvalue weighted by Gasteiger charge is 2.21. The first kappa shape index (κ1) is 17.0. The van der Waals surface area contributed by atoms with Gasteiger partial charge in [0.2, 0.25) is 11.2 Å². The highest BCUT2D eigenvalue weighted by Crippen LogP contribution is 2.36. The van der Waals surface area contributed by atoms with Crippen molar-refractivity contribution in [3.63, 3.8) is 0 Å². The minimum absolute atomic E-state index is 0.0793. The average molecular weight is 358 g/mol. The van der Waals surface area contributed by atoms with Gasteiger partial charge in [0.05, 0.1) is 10.4 Å². The summed E-state index contributed by atoms with van der Waals surface area (Å²) in [5.74, 6) is -0.592. The summed E-state index contributed by atoms with van der Waals surface area (Å²) in [5, 5.41) is 0.784. The fraction of sp³-hybridized carbons (Fsp3) is 0.158. The van der Waals surface area contributed by atoms with E-state index >= 15 is 0 Å². The molecule has 0 aliphatic rings. The van der Waals surface area contributed by atoms with E-state index < -0.39 is 12.5 Å². The molecule has 0 atom stereocenters. The van der Waals surface area contributed by atoms with Crippen LogP contribution in [0.25, 0.3) is 22.3 Å². The van der Waals surface area contributed by atoms with Crippen molar-refractivity contribution >= 4 is 28.5 Å². The highest BCUT2D eigenvalue weighted by molar-refractivity contribution is 6.33. The largest absolute Gasteiger partial charge is 0.476 e. The number of aryl methyl sites for hydroxylation is 2. The Bertz CT molecular complexity index is 1040. The molecule has 0 unspecified atom stereocenters. The lowest BCUT2D eigenvalue weighted by molar-refractivity contribution is -0.119. The van der Waals surface area contributed by atoms with Crippen LogP contribution in [-0.4, -0.2) is 12.5 Å². The molecule has 0 saturated carbocycles. The van der Waals surface area contributed by atoms with Crippen LogP contribution < -0.4 is 15.9 Å². The number of carbonyl (C=O) groups excluding carboxylic acids is 1. The molecule has 1 heterocycles. The molecule has 5 nitrogen and oxygen atoms in total. The minimum Gasteiger partial charge on any atom is -0.476 e. The summed E-state index contributed by atoms with van der Waals surface area (Å²) < 4.78 is 11.4. The maximum absolute atomic E-state index is 13.0. The van der Waals surface area contributed by atoms with E-state index in [1.54, 1.807) is 30.3 Å². The van der Waals surface area contributed by atoms with Crippen molar-refractivity contribution in [2.45, 2.75) is 13.8 Å². The van der Waals surface area contributed by atoms with Crippen LogP contribution in [0.1, 0.15) is 11.1 Å². The smallest absolute Gasteiger partial charge is 0.255 e. The van der Waals surface area contributed by atoms with Gasteiger partial charge in [-0.25, -0.2) is 0 Å². The second kappa shape index (κ2) is 6.61. The van der Waals surface area contributed by atoms with E-state index in [0.717, 1.165) is 11.1 Å². The summed E-state index contributed by atoms with van der Waals surface area (Å²) in [5.41, 5.74) is 7.48. The molecule has 128 valence electrons. The van der Waals surface area contributed by atoms with E-state index in [0.29, 0.717) is 21.6 Å². The molecule has 0 aliphatic heterocycles. The minimum atomic E-state index is -0.690. The normalized spacial score (nSPS) is 10.8. The monoisotopic (exact) mass is 357 g/mol. The van der Waals surface area contributed by atoms with Gasteiger partial charge in [0, 0.05) is 5.56 Å². The van der Waals surface area contributed by atoms with Crippen molar-refractivity contribution in [1.29, 1.82) is 0 Å². The van der Waals surface area contributed by atoms with E-state index in [1.807, 2.05) is 19.9 Å². The summed E-state index contributed by atoms with van der Waals surface area (Å²) in [6, 6.07) is 10.6. The number of ether oxygens (including phenoxy) is 1. The maximum Gasteiger partial charge on any atom is 0.255 e. The van der Waals surface area contributed by atoms with Gasteiger partial charge in [0.1, 0.15) is 5.58 Å². The van der Waals surface area contributed by atoms with E-state index in [1.165, 1.54) is 0 Å². The Labute approximate surface area is 149 Å². The van der Waals surface area contributed by atoms with E-state index in [-0.39, 0.29) is 16.9 Å². The van der Waals surface area contributed by atoms with Gasteiger partial charge < -0.3 is 14.9 Å². The zero-order chi connectivity index (χ0) is 18.1. The van der Waals surface area contributed by atoms with Crippen LogP contribution in [0.4, 0.5) is 0 Å². The van der Waals surface area contributed by atoms with Crippen LogP contribution in [-0.2, 0) is 4.79 Å². The molecular weight excluding hydrogens is 342 g/mol. The number of benzene rings is 2. The number of rotatable bonds is 4. The van der Waals surface area contributed by atoms with Crippen LogP contribution in [0.5, 0.6) is 5.75 Å². The number of primary amides is 1. The predicted octanol–water partition coefficient (Wildman–Crippen LogP) is 3.59. The Morgan fingerprint density at radius 1 is 1.24 bits per heavy atom. The molecule has 1 aromatic heterocycles.